The Labute approximate surface area is 73.0 Å². The average Bonchev–Trinajstić information content (AvgIpc) is 2.36. The Morgan fingerprint density at radius 1 is 1.58 bits per heavy atom. The number of nitrogens with zero attached hydrogens (tertiary/aromatic N) is 3. The van der Waals surface area contributed by atoms with Crippen molar-refractivity contribution in [1.29, 1.82) is 0 Å². The summed E-state index contributed by atoms with van der Waals surface area (Å²) in [7, 11) is 1.90. The van der Waals surface area contributed by atoms with Crippen LogP contribution in [0.3, 0.4) is 0 Å². The summed E-state index contributed by atoms with van der Waals surface area (Å²) in [4.78, 5) is 0. The van der Waals surface area contributed by atoms with E-state index in [0.29, 0.717) is 5.92 Å². The molecule has 0 saturated heterocycles. The Hall–Kier alpha value is -0.900. The highest BCUT2D eigenvalue weighted by molar-refractivity contribution is 4.91. The minimum Gasteiger partial charge on any atom is -0.311 e. The molecule has 0 atom stereocenters. The molecular weight excluding hydrogens is 152 g/mol. The van der Waals surface area contributed by atoms with Crippen molar-refractivity contribution in [3.05, 3.63) is 11.9 Å². The lowest BCUT2D eigenvalue weighted by atomic mass is 10.2. The molecule has 1 aromatic heterocycles. The van der Waals surface area contributed by atoms with Crippen LogP contribution >= 0.6 is 0 Å². The number of hydrogen-bond acceptors (Lipinski definition) is 3. The van der Waals surface area contributed by atoms with E-state index < -0.39 is 0 Å². The van der Waals surface area contributed by atoms with Crippen LogP contribution in [0.1, 0.15) is 19.5 Å². The van der Waals surface area contributed by atoms with Crippen LogP contribution in [0.4, 0.5) is 0 Å². The third-order valence-electron chi connectivity index (χ3n) is 1.67. The van der Waals surface area contributed by atoms with Crippen molar-refractivity contribution >= 4 is 0 Å². The molecule has 0 radical (unpaired) electrons. The molecule has 4 heteroatoms. The van der Waals surface area contributed by atoms with E-state index in [-0.39, 0.29) is 0 Å². The van der Waals surface area contributed by atoms with Gasteiger partial charge in [-0.2, -0.15) is 0 Å². The van der Waals surface area contributed by atoms with Gasteiger partial charge in [0.15, 0.2) is 0 Å². The second-order valence-corrected chi connectivity index (χ2v) is 3.37. The summed E-state index contributed by atoms with van der Waals surface area (Å²) in [6, 6.07) is 0. The number of hydrogen-bond donors (Lipinski definition) is 1. The van der Waals surface area contributed by atoms with Crippen molar-refractivity contribution in [3.63, 3.8) is 0 Å². The second-order valence-electron chi connectivity index (χ2n) is 3.37. The first kappa shape index (κ1) is 9.19. The molecular formula is C8H16N4. The van der Waals surface area contributed by atoms with Crippen LogP contribution in [0.15, 0.2) is 6.20 Å². The molecule has 0 aliphatic carbocycles. The van der Waals surface area contributed by atoms with Crippen LogP contribution in [-0.2, 0) is 13.6 Å². The van der Waals surface area contributed by atoms with Crippen LogP contribution < -0.4 is 5.32 Å². The third kappa shape index (κ3) is 2.62. The molecule has 4 nitrogen and oxygen atoms in total. The van der Waals surface area contributed by atoms with Crippen molar-refractivity contribution in [1.82, 2.24) is 20.3 Å². The van der Waals surface area contributed by atoms with Crippen LogP contribution in [-0.4, -0.2) is 21.5 Å². The Bertz CT molecular complexity index is 229. The SMILES string of the molecule is CC(C)CNCc1cnnn1C. The first-order valence-corrected chi connectivity index (χ1v) is 4.24. The van der Waals surface area contributed by atoms with Gasteiger partial charge in [0, 0.05) is 13.6 Å². The predicted octanol–water partition coefficient (Wildman–Crippen LogP) is 0.561. The lowest BCUT2D eigenvalue weighted by Crippen LogP contribution is -2.20. The maximum Gasteiger partial charge on any atom is 0.0738 e. The smallest absolute Gasteiger partial charge is 0.0738 e. The van der Waals surface area contributed by atoms with E-state index in [1.807, 2.05) is 7.05 Å². The molecule has 0 fully saturated rings. The molecule has 68 valence electrons. The summed E-state index contributed by atoms with van der Waals surface area (Å²) < 4.78 is 1.79. The average molecular weight is 168 g/mol. The quantitative estimate of drug-likeness (QED) is 0.714. The summed E-state index contributed by atoms with van der Waals surface area (Å²) in [6.07, 6.45) is 1.79. The molecule has 0 saturated carbocycles. The fraction of sp³-hybridized carbons (Fsp3) is 0.750. The zero-order valence-corrected chi connectivity index (χ0v) is 7.91. The number of aromatic nitrogens is 3. The summed E-state index contributed by atoms with van der Waals surface area (Å²) in [5.41, 5.74) is 1.12. The zero-order chi connectivity index (χ0) is 8.97. The van der Waals surface area contributed by atoms with Gasteiger partial charge in [-0.25, -0.2) is 0 Å². The highest BCUT2D eigenvalue weighted by Gasteiger charge is 1.98. The minimum absolute atomic E-state index is 0.686. The zero-order valence-electron chi connectivity index (χ0n) is 7.91. The van der Waals surface area contributed by atoms with E-state index in [1.54, 1.807) is 10.9 Å². The van der Waals surface area contributed by atoms with E-state index in [1.165, 1.54) is 0 Å². The monoisotopic (exact) mass is 168 g/mol. The lowest BCUT2D eigenvalue weighted by Gasteiger charge is -2.06. The van der Waals surface area contributed by atoms with Crippen molar-refractivity contribution in [2.75, 3.05) is 6.54 Å². The van der Waals surface area contributed by atoms with Gasteiger partial charge in [-0.05, 0) is 12.5 Å². The Morgan fingerprint density at radius 2 is 2.33 bits per heavy atom. The van der Waals surface area contributed by atoms with Gasteiger partial charge in [-0.15, -0.1) is 5.10 Å². The van der Waals surface area contributed by atoms with Crippen LogP contribution in [0.25, 0.3) is 0 Å². The summed E-state index contributed by atoms with van der Waals surface area (Å²) in [5, 5.41) is 11.0. The Kier molecular flexibility index (Phi) is 3.22. The van der Waals surface area contributed by atoms with Gasteiger partial charge in [0.2, 0.25) is 0 Å². The lowest BCUT2D eigenvalue weighted by molar-refractivity contribution is 0.535. The van der Waals surface area contributed by atoms with Gasteiger partial charge in [0.25, 0.3) is 0 Å². The molecule has 0 unspecified atom stereocenters. The maximum absolute atomic E-state index is 3.84. The van der Waals surface area contributed by atoms with Crippen molar-refractivity contribution < 1.29 is 0 Å². The standard InChI is InChI=1S/C8H16N4/c1-7(2)4-9-5-8-6-10-11-12(8)3/h6-7,9H,4-5H2,1-3H3. The second kappa shape index (κ2) is 4.21. The van der Waals surface area contributed by atoms with Crippen molar-refractivity contribution in [2.24, 2.45) is 13.0 Å². The summed E-state index contributed by atoms with van der Waals surface area (Å²) >= 11 is 0. The highest BCUT2D eigenvalue weighted by Crippen LogP contribution is 1.93. The van der Waals surface area contributed by atoms with Gasteiger partial charge in [0.1, 0.15) is 0 Å². The van der Waals surface area contributed by atoms with Crippen molar-refractivity contribution in [3.8, 4) is 0 Å². The maximum atomic E-state index is 3.84. The Morgan fingerprint density at radius 3 is 2.83 bits per heavy atom. The molecule has 1 aromatic rings. The molecule has 0 spiro atoms. The molecule has 1 rings (SSSR count). The van der Waals surface area contributed by atoms with Gasteiger partial charge in [0.05, 0.1) is 11.9 Å². The fourth-order valence-corrected chi connectivity index (χ4v) is 0.960. The normalized spacial score (nSPS) is 11.0. The van der Waals surface area contributed by atoms with E-state index in [0.717, 1.165) is 18.8 Å². The molecule has 1 N–H and O–H groups in total. The molecule has 0 amide bonds. The molecule has 0 aliphatic heterocycles. The van der Waals surface area contributed by atoms with E-state index in [4.69, 9.17) is 0 Å². The molecule has 0 aromatic carbocycles. The Balaban J connectivity index is 2.29. The summed E-state index contributed by atoms with van der Waals surface area (Å²) in [5.74, 6) is 0.686. The first-order chi connectivity index (χ1) is 5.70. The minimum atomic E-state index is 0.686. The van der Waals surface area contributed by atoms with Crippen LogP contribution in [0.5, 0.6) is 0 Å². The van der Waals surface area contributed by atoms with Crippen molar-refractivity contribution in [2.45, 2.75) is 20.4 Å². The van der Waals surface area contributed by atoms with Gasteiger partial charge in [-0.1, -0.05) is 19.1 Å². The van der Waals surface area contributed by atoms with Gasteiger partial charge < -0.3 is 5.32 Å². The summed E-state index contributed by atoms with van der Waals surface area (Å²) in [6.45, 7) is 6.26. The van der Waals surface area contributed by atoms with Gasteiger partial charge in [-0.3, -0.25) is 4.68 Å². The first-order valence-electron chi connectivity index (χ1n) is 4.24. The third-order valence-corrected chi connectivity index (χ3v) is 1.67. The topological polar surface area (TPSA) is 42.7 Å². The molecule has 0 bridgehead atoms. The van der Waals surface area contributed by atoms with Crippen LogP contribution in [0, 0.1) is 5.92 Å². The number of aryl methyl sites for hydroxylation is 1. The number of nitrogens with one attached hydrogen (secondary N) is 1. The van der Waals surface area contributed by atoms with E-state index in [2.05, 4.69) is 29.5 Å². The highest BCUT2D eigenvalue weighted by atomic mass is 15.4. The molecule has 1 heterocycles. The number of rotatable bonds is 4. The van der Waals surface area contributed by atoms with Gasteiger partial charge >= 0.3 is 0 Å². The predicted molar refractivity (Wildman–Crippen MR) is 47.5 cm³/mol. The molecule has 12 heavy (non-hydrogen) atoms. The van der Waals surface area contributed by atoms with E-state index in [9.17, 15) is 0 Å². The van der Waals surface area contributed by atoms with Crippen LogP contribution in [0.2, 0.25) is 0 Å². The van der Waals surface area contributed by atoms with E-state index >= 15 is 0 Å². The molecule has 0 aliphatic rings. The largest absolute Gasteiger partial charge is 0.311 e. The fourth-order valence-electron chi connectivity index (χ4n) is 0.960.